The van der Waals surface area contributed by atoms with Gasteiger partial charge in [0.25, 0.3) is 0 Å². The third-order valence-electron chi connectivity index (χ3n) is 5.01. The summed E-state index contributed by atoms with van der Waals surface area (Å²) in [5, 5.41) is 59.9. The van der Waals surface area contributed by atoms with Crippen molar-refractivity contribution in [1.29, 1.82) is 0 Å². The molecule has 1 aliphatic carbocycles. The molecule has 1 aliphatic rings. The number of carbonyl (C=O) groups is 6. The highest BCUT2D eigenvalue weighted by atomic mass is 16.4. The van der Waals surface area contributed by atoms with Crippen LogP contribution in [0.5, 0.6) is 0 Å². The topological polar surface area (TPSA) is 265 Å². The number of H-pyrrole nitrogens is 1. The van der Waals surface area contributed by atoms with Crippen molar-refractivity contribution in [3.63, 3.8) is 0 Å². The molecule has 8 N–H and O–H groups in total. The number of pyridine rings is 1. The van der Waals surface area contributed by atoms with Crippen molar-refractivity contribution in [1.82, 2.24) is 15.3 Å². The first-order valence-corrected chi connectivity index (χ1v) is 9.26. The number of aromatic amines is 1. The van der Waals surface area contributed by atoms with Crippen LogP contribution < -0.4 is 5.32 Å². The molecule has 178 valence electrons. The summed E-state index contributed by atoms with van der Waals surface area (Å²) < 4.78 is 0. The van der Waals surface area contributed by atoms with Gasteiger partial charge in [-0.1, -0.05) is 0 Å². The van der Waals surface area contributed by atoms with E-state index in [2.05, 4.69) is 9.97 Å². The lowest BCUT2D eigenvalue weighted by Crippen LogP contribution is -2.57. The van der Waals surface area contributed by atoms with Gasteiger partial charge in [-0.3, -0.25) is 19.7 Å². The van der Waals surface area contributed by atoms with Crippen LogP contribution in [0.15, 0.2) is 12.1 Å². The van der Waals surface area contributed by atoms with E-state index in [0.29, 0.717) is 6.07 Å². The fraction of sp³-hybridized carbons (Fsp3) is 0.211. The van der Waals surface area contributed by atoms with Crippen LogP contribution in [-0.2, 0) is 15.3 Å². The Hall–Kier alpha value is -4.63. The molecule has 15 heteroatoms. The molecule has 0 aromatic carbocycles. The lowest BCUT2D eigenvalue weighted by atomic mass is 9.82. The van der Waals surface area contributed by atoms with Gasteiger partial charge in [-0.15, -0.1) is 0 Å². The van der Waals surface area contributed by atoms with Crippen molar-refractivity contribution < 1.29 is 59.4 Å². The Morgan fingerprint density at radius 1 is 1.00 bits per heavy atom. The van der Waals surface area contributed by atoms with E-state index in [1.807, 2.05) is 5.32 Å². The monoisotopic (exact) mass is 477 g/mol. The molecule has 0 bridgehead atoms. The maximum Gasteiger partial charge on any atom is 0.354 e. The smallest absolute Gasteiger partial charge is 0.354 e. The zero-order valence-corrected chi connectivity index (χ0v) is 16.7. The average Bonchev–Trinajstić information content (AvgIpc) is 3.19. The minimum atomic E-state index is -3.16. The van der Waals surface area contributed by atoms with E-state index in [0.717, 1.165) is 6.07 Å². The second-order valence-electron chi connectivity index (χ2n) is 7.17. The molecule has 15 nitrogen and oxygen atoms in total. The molecule has 2 atom stereocenters. The van der Waals surface area contributed by atoms with E-state index in [1.165, 1.54) is 0 Å². The van der Waals surface area contributed by atoms with E-state index >= 15 is 0 Å². The SMILES string of the molecule is O=C(O)CCC(NC1(O)C(=O)c2cc(C(=O)O)[nH]c2-c2c(C(=O)O)cc(C(=O)O)nc21)C(=O)O. The molecule has 0 saturated heterocycles. The van der Waals surface area contributed by atoms with Crippen LogP contribution in [0.3, 0.4) is 0 Å². The summed E-state index contributed by atoms with van der Waals surface area (Å²) >= 11 is 0. The number of aromatic nitrogens is 2. The summed E-state index contributed by atoms with van der Waals surface area (Å²) in [7, 11) is 0. The van der Waals surface area contributed by atoms with Gasteiger partial charge in [0.15, 0.2) is 0 Å². The number of hydrogen-bond acceptors (Lipinski definition) is 9. The number of nitrogens with one attached hydrogen (secondary N) is 2. The third-order valence-corrected chi connectivity index (χ3v) is 5.01. The van der Waals surface area contributed by atoms with Crippen LogP contribution in [0.2, 0.25) is 0 Å². The predicted molar refractivity (Wildman–Crippen MR) is 105 cm³/mol. The summed E-state index contributed by atoms with van der Waals surface area (Å²) in [6.45, 7) is 0. The Balaban J connectivity index is 2.34. The summed E-state index contributed by atoms with van der Waals surface area (Å²) in [5.74, 6) is -9.49. The summed E-state index contributed by atoms with van der Waals surface area (Å²) in [4.78, 5) is 76.6. The van der Waals surface area contributed by atoms with Crippen molar-refractivity contribution in [3.05, 3.63) is 40.3 Å². The molecule has 3 rings (SSSR count). The normalized spacial score (nSPS) is 17.4. The van der Waals surface area contributed by atoms with Gasteiger partial charge in [0.2, 0.25) is 11.5 Å². The molecular formula is C19H15N3O12. The molecule has 0 aliphatic heterocycles. The highest BCUT2D eigenvalue weighted by Crippen LogP contribution is 2.42. The zero-order valence-electron chi connectivity index (χ0n) is 16.7. The number of carbonyl (C=O) groups excluding carboxylic acids is 1. The lowest BCUT2D eigenvalue weighted by Gasteiger charge is -2.35. The van der Waals surface area contributed by atoms with Gasteiger partial charge < -0.3 is 35.6 Å². The maximum absolute atomic E-state index is 13.2. The molecule has 34 heavy (non-hydrogen) atoms. The van der Waals surface area contributed by atoms with Crippen molar-refractivity contribution >= 4 is 35.6 Å². The molecule has 2 aromatic heterocycles. The van der Waals surface area contributed by atoms with Crippen LogP contribution in [0.25, 0.3) is 11.3 Å². The van der Waals surface area contributed by atoms with Crippen LogP contribution in [0, 0.1) is 0 Å². The fourth-order valence-electron chi connectivity index (χ4n) is 3.50. The number of fused-ring (bicyclic) bond motifs is 3. The van der Waals surface area contributed by atoms with Gasteiger partial charge >= 0.3 is 29.8 Å². The number of aromatic carboxylic acids is 3. The lowest BCUT2D eigenvalue weighted by molar-refractivity contribution is -0.142. The minimum Gasteiger partial charge on any atom is -0.481 e. The number of ketones is 1. The molecule has 0 spiro atoms. The molecule has 2 unspecified atom stereocenters. The van der Waals surface area contributed by atoms with Gasteiger partial charge in [-0.05, 0) is 18.6 Å². The van der Waals surface area contributed by atoms with Crippen LogP contribution in [-0.4, -0.2) is 82.3 Å². The molecule has 0 amide bonds. The molecule has 2 aromatic rings. The first-order chi connectivity index (χ1) is 15.8. The summed E-state index contributed by atoms with van der Waals surface area (Å²) in [5.41, 5.74) is -7.87. The fourth-order valence-corrected chi connectivity index (χ4v) is 3.50. The van der Waals surface area contributed by atoms with Crippen molar-refractivity contribution in [2.24, 2.45) is 0 Å². The molecule has 2 heterocycles. The number of carboxylic acid groups (broad SMARTS) is 5. The number of carboxylic acids is 5. The van der Waals surface area contributed by atoms with Crippen molar-refractivity contribution in [2.75, 3.05) is 0 Å². The van der Waals surface area contributed by atoms with Gasteiger partial charge in [0.05, 0.1) is 11.3 Å². The summed E-state index contributed by atoms with van der Waals surface area (Å²) in [6.07, 6.45) is -1.34. The van der Waals surface area contributed by atoms with Crippen LogP contribution in [0.1, 0.15) is 60.2 Å². The largest absolute Gasteiger partial charge is 0.481 e. The molecule has 0 fully saturated rings. The Labute approximate surface area is 187 Å². The highest BCUT2D eigenvalue weighted by Gasteiger charge is 2.51. The van der Waals surface area contributed by atoms with Gasteiger partial charge in [0, 0.05) is 17.5 Å². The second kappa shape index (κ2) is 8.38. The second-order valence-corrected chi connectivity index (χ2v) is 7.17. The Morgan fingerprint density at radius 2 is 1.65 bits per heavy atom. The van der Waals surface area contributed by atoms with E-state index in [4.69, 9.17) is 5.11 Å². The number of aliphatic carboxylic acids is 2. The van der Waals surface area contributed by atoms with Gasteiger partial charge in [0.1, 0.15) is 23.1 Å². The van der Waals surface area contributed by atoms with E-state index in [9.17, 15) is 54.3 Å². The highest BCUT2D eigenvalue weighted by molar-refractivity contribution is 6.15. The van der Waals surface area contributed by atoms with Crippen LogP contribution >= 0.6 is 0 Å². The standard InChI is InChI=1S/C19H15N3O12/c23-10(24)2-1-7(16(28)29)22-19(34)13-11(5(15(26)27)3-9(21-13)18(32)33)12-6(14(19)25)4-8(20-12)17(30)31/h3-4,7,20,22,34H,1-2H2,(H,23,24)(H,26,27)(H,28,29)(H,30,31)(H,32,33). The Kier molecular flexibility index (Phi) is 5.92. The summed E-state index contributed by atoms with van der Waals surface area (Å²) in [6, 6.07) is -0.496. The van der Waals surface area contributed by atoms with Crippen molar-refractivity contribution in [3.8, 4) is 11.3 Å². The predicted octanol–water partition coefficient (Wildman–Crippen LogP) is -0.580. The Bertz CT molecular complexity index is 1280. The third kappa shape index (κ3) is 3.96. The van der Waals surface area contributed by atoms with E-state index in [1.54, 1.807) is 0 Å². The van der Waals surface area contributed by atoms with Crippen LogP contribution in [0.4, 0.5) is 0 Å². The van der Waals surface area contributed by atoms with Gasteiger partial charge in [-0.2, -0.15) is 0 Å². The maximum atomic E-state index is 13.2. The Morgan fingerprint density at radius 3 is 2.15 bits per heavy atom. The van der Waals surface area contributed by atoms with Crippen molar-refractivity contribution in [2.45, 2.75) is 24.6 Å². The number of hydrogen-bond donors (Lipinski definition) is 8. The molecule has 0 radical (unpaired) electrons. The number of Topliss-reactive ketones (excluding diaryl/α,β-unsaturated/α-hetero) is 1. The minimum absolute atomic E-state index is 0.400. The quantitative estimate of drug-likeness (QED) is 0.210. The molecule has 0 saturated carbocycles. The van der Waals surface area contributed by atoms with E-state index in [-0.39, 0.29) is 0 Å². The van der Waals surface area contributed by atoms with E-state index < -0.39 is 99.7 Å². The van der Waals surface area contributed by atoms with Gasteiger partial charge in [-0.25, -0.2) is 19.4 Å². The first kappa shape index (κ1) is 24.0. The zero-order chi connectivity index (χ0) is 25.5. The average molecular weight is 477 g/mol. The molecular weight excluding hydrogens is 462 g/mol. The number of nitrogens with zero attached hydrogens (tertiary/aromatic N) is 1. The number of aliphatic hydroxyl groups is 1. The number of rotatable bonds is 9. The first-order valence-electron chi connectivity index (χ1n) is 9.26.